The van der Waals surface area contributed by atoms with Crippen molar-refractivity contribution in [2.75, 3.05) is 32.8 Å². The molecule has 3 rings (SSSR count). The number of hydrogen-bond acceptors (Lipinski definition) is 3. The second kappa shape index (κ2) is 8.51. The smallest absolute Gasteiger partial charge is 0.0522 e. The van der Waals surface area contributed by atoms with E-state index in [2.05, 4.69) is 54.6 Å². The zero-order valence-corrected chi connectivity index (χ0v) is 16.2. The second-order valence-electron chi connectivity index (χ2n) is 8.29. The fourth-order valence-corrected chi connectivity index (χ4v) is 4.66. The Morgan fingerprint density at radius 2 is 2.00 bits per heavy atom. The Labute approximate surface area is 158 Å². The highest BCUT2D eigenvalue weighted by molar-refractivity contribution is 5.29. The number of nitrogens with zero attached hydrogens (tertiary/aromatic N) is 1. The van der Waals surface area contributed by atoms with Crippen LogP contribution in [0.2, 0.25) is 0 Å². The van der Waals surface area contributed by atoms with Gasteiger partial charge in [-0.05, 0) is 49.1 Å². The van der Waals surface area contributed by atoms with Crippen molar-refractivity contribution in [2.45, 2.75) is 38.6 Å². The van der Waals surface area contributed by atoms with Crippen LogP contribution in [-0.4, -0.2) is 42.8 Å². The summed E-state index contributed by atoms with van der Waals surface area (Å²) < 4.78 is 0. The summed E-state index contributed by atoms with van der Waals surface area (Å²) in [7, 11) is 0. The van der Waals surface area contributed by atoms with E-state index in [-0.39, 0.29) is 12.0 Å². The summed E-state index contributed by atoms with van der Waals surface area (Å²) in [5.74, 6) is 0.910. The average Bonchev–Trinajstić information content (AvgIpc) is 2.69. The van der Waals surface area contributed by atoms with Gasteiger partial charge in [0.05, 0.1) is 6.61 Å². The zero-order chi connectivity index (χ0) is 18.6. The first-order chi connectivity index (χ1) is 12.6. The van der Waals surface area contributed by atoms with Gasteiger partial charge in [0.25, 0.3) is 0 Å². The van der Waals surface area contributed by atoms with Gasteiger partial charge >= 0.3 is 0 Å². The lowest BCUT2D eigenvalue weighted by Gasteiger charge is -2.43. The van der Waals surface area contributed by atoms with Crippen LogP contribution in [0.3, 0.4) is 0 Å². The fourth-order valence-electron chi connectivity index (χ4n) is 4.66. The van der Waals surface area contributed by atoms with E-state index in [9.17, 15) is 5.11 Å². The van der Waals surface area contributed by atoms with Crippen molar-refractivity contribution >= 4 is 0 Å². The van der Waals surface area contributed by atoms with Gasteiger partial charge in [-0.3, -0.25) is 4.90 Å². The summed E-state index contributed by atoms with van der Waals surface area (Å²) in [5.41, 5.74) is 3.88. The Morgan fingerprint density at radius 1 is 1.31 bits per heavy atom. The molecule has 2 fully saturated rings. The van der Waals surface area contributed by atoms with Crippen LogP contribution in [0.1, 0.15) is 43.2 Å². The molecule has 0 spiro atoms. The second-order valence-corrected chi connectivity index (χ2v) is 8.29. The monoisotopic (exact) mass is 354 g/mol. The molecule has 2 N–H and O–H groups in total. The maximum Gasteiger partial charge on any atom is 0.0522 e. The molecule has 142 valence electrons. The van der Waals surface area contributed by atoms with E-state index < -0.39 is 0 Å². The van der Waals surface area contributed by atoms with Crippen LogP contribution < -0.4 is 5.32 Å². The van der Waals surface area contributed by atoms with Gasteiger partial charge in [-0.15, -0.1) is 6.58 Å². The Balaban J connectivity index is 1.75. The summed E-state index contributed by atoms with van der Waals surface area (Å²) >= 11 is 0. The number of rotatable bonds is 6. The van der Waals surface area contributed by atoms with Crippen molar-refractivity contribution in [3.63, 3.8) is 0 Å². The molecular formula is C23H34N2O. The maximum absolute atomic E-state index is 9.95. The summed E-state index contributed by atoms with van der Waals surface area (Å²) in [5, 5.41) is 13.4. The lowest BCUT2D eigenvalue weighted by Crippen LogP contribution is -2.42. The van der Waals surface area contributed by atoms with E-state index in [4.69, 9.17) is 0 Å². The number of nitrogens with one attached hydrogen (secondary N) is 1. The van der Waals surface area contributed by atoms with Crippen molar-refractivity contribution in [3.05, 3.63) is 60.2 Å². The number of aliphatic hydroxyl groups is 1. The molecule has 0 bridgehead atoms. The van der Waals surface area contributed by atoms with Crippen LogP contribution in [0, 0.1) is 11.3 Å². The third kappa shape index (κ3) is 4.28. The molecule has 0 aromatic heterocycles. The predicted molar refractivity (Wildman–Crippen MR) is 109 cm³/mol. The largest absolute Gasteiger partial charge is 0.395 e. The number of allylic oxidation sites excluding steroid dienone is 1. The normalized spacial score (nSPS) is 30.1. The minimum absolute atomic E-state index is 0.143. The van der Waals surface area contributed by atoms with E-state index in [1.54, 1.807) is 0 Å². The van der Waals surface area contributed by atoms with E-state index in [1.165, 1.54) is 16.7 Å². The molecule has 2 aliphatic rings. The number of hydrogen-bond donors (Lipinski definition) is 2. The van der Waals surface area contributed by atoms with Gasteiger partial charge < -0.3 is 10.4 Å². The van der Waals surface area contributed by atoms with E-state index in [0.29, 0.717) is 11.8 Å². The Morgan fingerprint density at radius 3 is 2.58 bits per heavy atom. The summed E-state index contributed by atoms with van der Waals surface area (Å²) in [4.78, 5) is 2.51. The highest BCUT2D eigenvalue weighted by Gasteiger charge is 2.39. The van der Waals surface area contributed by atoms with Crippen molar-refractivity contribution in [1.82, 2.24) is 10.2 Å². The molecule has 3 nitrogen and oxygen atoms in total. The van der Waals surface area contributed by atoms with Crippen molar-refractivity contribution < 1.29 is 5.11 Å². The molecule has 1 saturated heterocycles. The Bertz CT molecular complexity index is 618. The third-order valence-corrected chi connectivity index (χ3v) is 6.47. The van der Waals surface area contributed by atoms with E-state index >= 15 is 0 Å². The van der Waals surface area contributed by atoms with Crippen molar-refractivity contribution in [2.24, 2.45) is 11.3 Å². The standard InChI is InChI=1S/C23H34N2O/c1-4-23(17-26)10-9-21(18(2)3)22(15-23)20-7-5-19(6-8-20)16-25-13-11-24-12-14-25/h4-8,21-22,24,26H,1-2,9-17H2,3H3/t21-,22-,23-/m0/s1. The van der Waals surface area contributed by atoms with Crippen molar-refractivity contribution in [3.8, 4) is 0 Å². The van der Waals surface area contributed by atoms with Crippen molar-refractivity contribution in [1.29, 1.82) is 0 Å². The molecule has 1 aromatic carbocycles. The minimum atomic E-state index is -0.143. The van der Waals surface area contributed by atoms with E-state index in [1.807, 2.05) is 6.08 Å². The fraction of sp³-hybridized carbons (Fsp3) is 0.565. The number of piperazine rings is 1. The third-order valence-electron chi connectivity index (χ3n) is 6.47. The lowest BCUT2D eigenvalue weighted by molar-refractivity contribution is 0.100. The summed E-state index contributed by atoms with van der Waals surface area (Å²) in [6, 6.07) is 9.18. The number of aliphatic hydroxyl groups excluding tert-OH is 1. The van der Waals surface area contributed by atoms with Gasteiger partial charge in [0.15, 0.2) is 0 Å². The first kappa shape index (κ1) is 19.3. The molecule has 1 heterocycles. The first-order valence-electron chi connectivity index (χ1n) is 9.99. The number of benzene rings is 1. The minimum Gasteiger partial charge on any atom is -0.395 e. The van der Waals surface area contributed by atoms with Gasteiger partial charge in [0.1, 0.15) is 0 Å². The van der Waals surface area contributed by atoms with Crippen LogP contribution in [0.15, 0.2) is 49.1 Å². The molecular weight excluding hydrogens is 320 g/mol. The van der Waals surface area contributed by atoms with Crippen LogP contribution in [0.5, 0.6) is 0 Å². The molecule has 1 aliphatic carbocycles. The molecule has 1 aromatic rings. The summed E-state index contributed by atoms with van der Waals surface area (Å²) in [6.07, 6.45) is 5.02. The SMILES string of the molecule is C=C[C@]1(CO)CC[C@@H](C(=C)C)[C@H](c2ccc(CN3CCNCC3)cc2)C1. The topological polar surface area (TPSA) is 35.5 Å². The molecule has 1 aliphatic heterocycles. The first-order valence-corrected chi connectivity index (χ1v) is 9.99. The van der Waals surface area contributed by atoms with Gasteiger partial charge in [-0.1, -0.05) is 42.5 Å². The quantitative estimate of drug-likeness (QED) is 0.765. The summed E-state index contributed by atoms with van der Waals surface area (Å²) in [6.45, 7) is 16.1. The maximum atomic E-state index is 9.95. The molecule has 3 atom stereocenters. The molecule has 0 unspecified atom stereocenters. The van der Waals surface area contributed by atoms with Gasteiger partial charge in [0, 0.05) is 38.1 Å². The van der Waals surface area contributed by atoms with Gasteiger partial charge in [0.2, 0.25) is 0 Å². The Kier molecular flexibility index (Phi) is 6.33. The molecule has 1 saturated carbocycles. The Hall–Kier alpha value is -1.42. The molecule has 26 heavy (non-hydrogen) atoms. The highest BCUT2D eigenvalue weighted by Crippen LogP contribution is 2.49. The van der Waals surface area contributed by atoms with Gasteiger partial charge in [-0.25, -0.2) is 0 Å². The predicted octanol–water partition coefficient (Wildman–Crippen LogP) is 3.72. The molecule has 3 heteroatoms. The average molecular weight is 355 g/mol. The highest BCUT2D eigenvalue weighted by atomic mass is 16.3. The molecule has 0 amide bonds. The van der Waals surface area contributed by atoms with Crippen LogP contribution in [0.4, 0.5) is 0 Å². The van der Waals surface area contributed by atoms with Gasteiger partial charge in [-0.2, -0.15) is 0 Å². The molecule has 0 radical (unpaired) electrons. The zero-order valence-electron chi connectivity index (χ0n) is 16.2. The lowest BCUT2D eigenvalue weighted by atomic mass is 9.62. The van der Waals surface area contributed by atoms with Crippen LogP contribution in [-0.2, 0) is 6.54 Å². The van der Waals surface area contributed by atoms with E-state index in [0.717, 1.165) is 52.0 Å². The van der Waals surface area contributed by atoms with Crippen LogP contribution in [0.25, 0.3) is 0 Å². The van der Waals surface area contributed by atoms with Crippen LogP contribution >= 0.6 is 0 Å².